The molecule has 0 aliphatic rings. The zero-order valence-corrected chi connectivity index (χ0v) is 89.2. The van der Waals surface area contributed by atoms with E-state index >= 15 is 0 Å². The van der Waals surface area contributed by atoms with Crippen LogP contribution in [-0.4, -0.2) is 159 Å². The van der Waals surface area contributed by atoms with Gasteiger partial charge in [0.15, 0.2) is 12.2 Å². The zero-order valence-electron chi connectivity index (χ0n) is 77.7. The predicted molar refractivity (Wildman–Crippen MR) is 585 cm³/mol. The van der Waals surface area contributed by atoms with Crippen molar-refractivity contribution in [1.29, 1.82) is 0 Å². The summed E-state index contributed by atoms with van der Waals surface area (Å²) in [6.07, 6.45) is 23.5. The zero-order chi connectivity index (χ0) is 99.6. The summed E-state index contributed by atoms with van der Waals surface area (Å²) in [7, 11) is 1.57. The van der Waals surface area contributed by atoms with E-state index in [2.05, 4.69) is 60.6 Å². The van der Waals surface area contributed by atoms with Crippen LogP contribution in [0.15, 0.2) is 212 Å². The summed E-state index contributed by atoms with van der Waals surface area (Å²) in [6.45, 7) is 12.1. The third kappa shape index (κ3) is 22.3. The fraction of sp³-hybridized carbons (Fsp3) is 0.227. The summed E-state index contributed by atoms with van der Waals surface area (Å²) < 4.78 is 76.1. The number of rotatable bonds is 29. The number of fused-ring (bicyclic) bond motifs is 5. The summed E-state index contributed by atoms with van der Waals surface area (Å²) in [5.41, 5.74) is 46.2. The maximum absolute atomic E-state index is 12.9. The fourth-order valence-electron chi connectivity index (χ4n) is 14.8. The molecule has 5 unspecified atom stereocenters. The molecule has 726 valence electrons. The van der Waals surface area contributed by atoms with Crippen LogP contribution in [-0.2, 0) is 68.1 Å². The van der Waals surface area contributed by atoms with E-state index in [-0.39, 0.29) is 16.7 Å². The molecule has 5 atom stereocenters. The van der Waals surface area contributed by atoms with Crippen LogP contribution in [0.4, 0.5) is 28.4 Å². The Kier molecular flexibility index (Phi) is 33.2. The molecule has 0 saturated heterocycles. The number of nitrogens with two attached hydrogens (primary N) is 5. The third-order valence-electron chi connectivity index (χ3n) is 21.8. The maximum Gasteiger partial charge on any atom is 0.335 e. The summed E-state index contributed by atoms with van der Waals surface area (Å²) in [5.74, 6) is 3.36. The summed E-state index contributed by atoms with van der Waals surface area (Å²) in [4.78, 5) is 87.8. The molecular weight excluding hydrogens is 2050 g/mol. The number of carboxylic acid groups (broad SMARTS) is 1. The van der Waals surface area contributed by atoms with Gasteiger partial charge in [-0.1, -0.05) is 115 Å². The number of pyridine rings is 4. The lowest BCUT2D eigenvalue weighted by Crippen LogP contribution is -2.21. The van der Waals surface area contributed by atoms with E-state index in [0.29, 0.717) is 111 Å². The average molecular weight is 2150 g/mol. The number of aromatic carboxylic acids is 1. The van der Waals surface area contributed by atoms with Crippen molar-refractivity contribution in [3.05, 3.63) is 198 Å². The van der Waals surface area contributed by atoms with Gasteiger partial charge in [-0.2, -0.15) is 0 Å². The monoisotopic (exact) mass is 2150 g/mol. The van der Waals surface area contributed by atoms with Crippen LogP contribution >= 0.6 is 102 Å². The second kappa shape index (κ2) is 45.9. The molecule has 0 radical (unpaired) electrons. The minimum absolute atomic E-state index is 0.0135. The van der Waals surface area contributed by atoms with Crippen LogP contribution in [0, 0.1) is 0 Å². The van der Waals surface area contributed by atoms with E-state index in [4.69, 9.17) is 58.0 Å². The van der Waals surface area contributed by atoms with E-state index in [9.17, 15) is 35.7 Å². The smallest absolute Gasteiger partial charge is 0.335 e. The lowest BCUT2D eigenvalue weighted by Gasteiger charge is -2.11. The molecule has 20 rings (SSSR count). The van der Waals surface area contributed by atoms with E-state index in [1.165, 1.54) is 115 Å². The Morgan fingerprint density at radius 1 is 0.411 bits per heavy atom. The van der Waals surface area contributed by atoms with Crippen LogP contribution < -0.4 is 28.7 Å². The normalized spacial score (nSPS) is 12.5. The van der Waals surface area contributed by atoms with Crippen molar-refractivity contribution >= 4 is 247 Å². The number of oxazole rings is 1. The minimum atomic E-state index is -1.18. The van der Waals surface area contributed by atoms with Gasteiger partial charge >= 0.3 is 5.97 Å². The number of thiophene rings is 5. The number of benzene rings is 3. The SMILES string of the molecule is CC(C)S(=O)c1sc2nc(-c3nccs3)cc(-c3nccn3C)c2c1N.CCCCS(=O)c1sc2nc(-c3cocn3)nc(-c3ccccc3)c2c1N.CCCCS(=O)c1sc2nc(-c3nccs3)cc(-c3ccc(C(=O)N(C)C)cc3)c2c1N.CCCCS(=O)c1sc2nc(-c3nccs3)cc(-c3ccc(C(=O)O)cc3)c2c1N.CCCS(=O)c1sc2nc(-c3nccs3)cc(-c3nccn3C)c2c1N. The number of hydrogen-bond donors (Lipinski definition) is 6. The first-order chi connectivity index (χ1) is 68.1. The van der Waals surface area contributed by atoms with Crippen molar-refractivity contribution in [3.8, 4) is 111 Å². The molecule has 0 bridgehead atoms. The highest BCUT2D eigenvalue weighted by molar-refractivity contribution is 7.89. The van der Waals surface area contributed by atoms with Gasteiger partial charge in [-0.15, -0.1) is 102 Å². The minimum Gasteiger partial charge on any atom is -0.478 e. The van der Waals surface area contributed by atoms with Crippen LogP contribution in [0.1, 0.15) is 107 Å². The number of carbonyl (C=O) groups excluding carboxylic acids is 1. The Hall–Kier alpha value is -12.0. The summed E-state index contributed by atoms with van der Waals surface area (Å²) in [5, 5.41) is 24.0. The molecule has 44 heteroatoms. The van der Waals surface area contributed by atoms with E-state index in [0.717, 1.165) is 174 Å². The van der Waals surface area contributed by atoms with E-state index in [1.54, 1.807) is 80.4 Å². The Morgan fingerprint density at radius 2 is 0.773 bits per heavy atom. The largest absolute Gasteiger partial charge is 0.478 e. The molecule has 11 N–H and O–H groups in total. The van der Waals surface area contributed by atoms with Crippen LogP contribution in [0.3, 0.4) is 0 Å². The molecule has 0 aliphatic carbocycles. The van der Waals surface area contributed by atoms with Crippen molar-refractivity contribution in [2.75, 3.05) is 65.8 Å². The third-order valence-corrected chi connectivity index (χ3v) is 40.2. The number of anilines is 5. The van der Waals surface area contributed by atoms with Gasteiger partial charge in [0, 0.05) is 171 Å². The Morgan fingerprint density at radius 3 is 1.11 bits per heavy atom. The van der Waals surface area contributed by atoms with Crippen molar-refractivity contribution in [3.63, 3.8) is 0 Å². The number of unbranched alkanes of at least 4 members (excludes halogenated alkanes) is 3. The van der Waals surface area contributed by atoms with Crippen molar-refractivity contribution in [2.24, 2.45) is 14.1 Å². The number of carboxylic acids is 1. The molecule has 0 spiro atoms. The van der Waals surface area contributed by atoms with Crippen molar-refractivity contribution in [2.45, 2.75) is 113 Å². The van der Waals surface area contributed by atoms with Gasteiger partial charge in [0.25, 0.3) is 5.91 Å². The highest BCUT2D eigenvalue weighted by Gasteiger charge is 2.30. The molecule has 0 fully saturated rings. The standard InChI is InChI=1S/C23H24N4O2S3.C21H19N3O3S3.C19H18N4O2S2.2C17H17N5OS3/c1-4-5-12-32(29)23-19(24)18-16(14-6-8-15(9-7-14)22(28)27(2)3)13-17(26-21(18)31-23)20-25-10-11-30-20;1-2-3-10-30(27)21-17(22)16-14(12-4-6-13(7-5-12)20(25)26)11-15(24-19(16)29-21)18-23-8-9-28-18;1-2-3-9-27(24)19-15(20)14-16(12-7-5-4-6-8-12)22-17(23-18(14)26-19)13-10-25-11-21-13;1-9(2)26(23)17-13(18)12-10(14-19-4-6-22(14)3)8-11(21-16(12)25-17)15-20-5-7-24-15;1-3-8-26(23)17-13(18)12-10(14-19-4-6-22(14)2)9-11(21-16(12)25-17)15-20-5-7-24-15/h6-11,13H,4-5,12,24H2,1-3H3;4-9,11H,2-3,10,22H2,1H3,(H,25,26);4-8,10-11H,2-3,9,20H2,1H3;4-9H,18H2,1-3H3;4-7,9H,3,8,18H2,1-2H3. The van der Waals surface area contributed by atoms with E-state index < -0.39 is 60.0 Å². The van der Waals surface area contributed by atoms with Gasteiger partial charge in [-0.25, -0.2) is 69.6 Å². The van der Waals surface area contributed by atoms with Gasteiger partial charge < -0.3 is 52.2 Å². The first kappa shape index (κ1) is 102. The highest BCUT2D eigenvalue weighted by Crippen LogP contribution is 2.50. The van der Waals surface area contributed by atoms with Gasteiger partial charge in [0.05, 0.1) is 99.1 Å². The van der Waals surface area contributed by atoms with Crippen LogP contribution in [0.5, 0.6) is 0 Å². The fourth-order valence-corrected chi connectivity index (χ4v) is 30.9. The van der Waals surface area contributed by atoms with Gasteiger partial charge in [-0.3, -0.25) is 25.8 Å². The molecule has 30 nitrogen and oxygen atoms in total. The maximum atomic E-state index is 12.9. The Labute approximate surface area is 859 Å². The second-order valence-corrected chi connectivity index (χ2v) is 50.0. The molecule has 17 aromatic heterocycles. The number of thiazole rings is 4. The lowest BCUT2D eigenvalue weighted by molar-refractivity contribution is 0.0696. The average Bonchev–Trinajstić information content (AvgIpc) is 1.61. The first-order valence-corrected chi connectivity index (χ1v) is 58.3. The number of carbonyl (C=O) groups is 2. The number of aromatic nitrogens is 15. The van der Waals surface area contributed by atoms with Crippen LogP contribution in [0.25, 0.3) is 162 Å². The van der Waals surface area contributed by atoms with Gasteiger partial charge in [0.2, 0.25) is 0 Å². The van der Waals surface area contributed by atoms with Gasteiger partial charge in [-0.05, 0) is 96.5 Å². The number of hydrogen-bond acceptors (Lipinski definition) is 35. The molecule has 17 heterocycles. The molecule has 0 aliphatic heterocycles. The molecule has 141 heavy (non-hydrogen) atoms. The topological polar surface area (TPSA) is 464 Å². The molecule has 0 saturated carbocycles. The number of nitrogens with zero attached hydrogens (tertiary/aromatic N) is 16. The predicted octanol–water partition coefficient (Wildman–Crippen LogP) is 22.9. The molecule has 3 aromatic carbocycles. The number of aryl methyl sites for hydroxylation is 2. The Balaban J connectivity index is 0.000000127. The lowest BCUT2D eigenvalue weighted by atomic mass is 10.0. The second-order valence-electron chi connectivity index (χ2n) is 32.1. The van der Waals surface area contributed by atoms with Crippen molar-refractivity contribution in [1.82, 2.24) is 78.8 Å². The van der Waals surface area contributed by atoms with E-state index in [1.807, 2.05) is 157 Å². The first-order valence-electron chi connectivity index (χ1n) is 44.3. The molecular formula is C97H95N21O9S14. The number of amides is 1. The summed E-state index contributed by atoms with van der Waals surface area (Å²) in [6, 6.07) is 31.7. The Bertz CT molecular complexity index is 7970. The van der Waals surface area contributed by atoms with Crippen molar-refractivity contribution < 1.29 is 40.2 Å². The van der Waals surface area contributed by atoms with Gasteiger partial charge in [0.1, 0.15) is 112 Å². The number of nitrogen functional groups attached to an aromatic ring is 5. The number of imidazole rings is 2. The molecule has 1 amide bonds. The highest BCUT2D eigenvalue weighted by atomic mass is 32.2. The van der Waals surface area contributed by atoms with Crippen LogP contribution in [0.2, 0.25) is 0 Å². The summed E-state index contributed by atoms with van der Waals surface area (Å²) >= 11 is 13.0. The molecule has 20 aromatic rings. The quantitative estimate of drug-likeness (QED) is 0.0253.